The van der Waals surface area contributed by atoms with Crippen molar-refractivity contribution in [2.75, 3.05) is 0 Å². The molecule has 0 unspecified atom stereocenters. The summed E-state index contributed by atoms with van der Waals surface area (Å²) < 4.78 is 36.9. The Morgan fingerprint density at radius 3 is 2.00 bits per heavy atom. The molecule has 0 radical (unpaired) electrons. The summed E-state index contributed by atoms with van der Waals surface area (Å²) >= 11 is 1.94. The molecule has 6 nitrogen and oxygen atoms in total. The summed E-state index contributed by atoms with van der Waals surface area (Å²) in [6.07, 6.45) is -4.46. The number of rotatable bonds is 7. The monoisotopic (exact) mass is 479 g/mol. The number of nitriles is 2. The molecule has 2 rings (SSSR count). The van der Waals surface area contributed by atoms with E-state index in [9.17, 15) is 38.6 Å². The molecule has 0 N–H and O–H groups in total. The predicted molar refractivity (Wildman–Crippen MR) is 113 cm³/mol. The van der Waals surface area contributed by atoms with Gasteiger partial charge in [-0.25, -0.2) is 0 Å². The Hall–Kier alpha value is -3.02. The lowest BCUT2D eigenvalue weighted by Crippen LogP contribution is -2.39. The number of hydrogen-bond acceptors (Lipinski definition) is 7. The molecule has 0 bridgehead atoms. The highest BCUT2D eigenvalue weighted by atomic mass is 32.2. The highest BCUT2D eigenvalue weighted by Crippen LogP contribution is 2.44. The van der Waals surface area contributed by atoms with Gasteiger partial charge in [0.1, 0.15) is 0 Å². The maximum absolute atomic E-state index is 12.8. The number of ketones is 1. The molecule has 0 spiro atoms. The van der Waals surface area contributed by atoms with E-state index >= 15 is 0 Å². The highest BCUT2D eigenvalue weighted by molar-refractivity contribution is 8.01. The smallest absolute Gasteiger partial charge is 0.295 e. The molecular weight excluding hydrogens is 463 g/mol. The summed E-state index contributed by atoms with van der Waals surface area (Å²) in [6.45, 7) is 4.11. The fourth-order valence-corrected chi connectivity index (χ4v) is 4.90. The van der Waals surface area contributed by atoms with Gasteiger partial charge in [0, 0.05) is 15.9 Å². The first-order valence-corrected chi connectivity index (χ1v) is 10.6. The molecule has 166 valence electrons. The van der Waals surface area contributed by atoms with Gasteiger partial charge in [0.2, 0.25) is 0 Å². The van der Waals surface area contributed by atoms with Crippen molar-refractivity contribution in [3.63, 3.8) is 0 Å². The van der Waals surface area contributed by atoms with Crippen LogP contribution in [-0.4, -0.2) is 15.5 Å². The third-order valence-electron chi connectivity index (χ3n) is 4.36. The number of benzene rings is 2. The Morgan fingerprint density at radius 2 is 1.53 bits per heavy atom. The number of nitrogens with zero attached hydrogens (tertiary/aromatic N) is 3. The number of thioether (sulfide) groups is 1. The number of nitro groups is 1. The predicted octanol–water partition coefficient (Wildman–Crippen LogP) is 6.26. The molecule has 11 heteroatoms. The zero-order valence-corrected chi connectivity index (χ0v) is 18.7. The first-order chi connectivity index (χ1) is 14.7. The van der Waals surface area contributed by atoms with E-state index in [1.54, 1.807) is 12.1 Å². The quantitative estimate of drug-likeness (QED) is 0.262. The molecule has 0 aliphatic heterocycles. The number of carbonyl (C=O) groups is 1. The van der Waals surface area contributed by atoms with Gasteiger partial charge < -0.3 is 0 Å². The minimum absolute atomic E-state index is 0.128. The first kappa shape index (κ1) is 25.2. The topological polar surface area (TPSA) is 108 Å². The van der Waals surface area contributed by atoms with Gasteiger partial charge in [-0.2, -0.15) is 23.7 Å². The lowest BCUT2D eigenvalue weighted by atomic mass is 9.83. The van der Waals surface area contributed by atoms with Crippen LogP contribution in [0.4, 0.5) is 18.9 Å². The van der Waals surface area contributed by atoms with Gasteiger partial charge in [-0.3, -0.25) is 14.9 Å². The molecule has 0 aromatic heterocycles. The van der Waals surface area contributed by atoms with Crippen LogP contribution in [0.5, 0.6) is 0 Å². The highest BCUT2D eigenvalue weighted by Gasteiger charge is 2.44. The molecule has 2 aromatic rings. The fourth-order valence-electron chi connectivity index (χ4n) is 2.69. The van der Waals surface area contributed by atoms with Gasteiger partial charge in [-0.05, 0) is 57.2 Å². The first-order valence-electron chi connectivity index (χ1n) is 8.93. The van der Waals surface area contributed by atoms with Crippen molar-refractivity contribution < 1.29 is 22.9 Å². The van der Waals surface area contributed by atoms with E-state index in [-0.39, 0.29) is 10.6 Å². The number of halogens is 3. The van der Waals surface area contributed by atoms with E-state index in [1.165, 1.54) is 51.1 Å². The van der Waals surface area contributed by atoms with Gasteiger partial charge in [-0.15, -0.1) is 11.8 Å². The third kappa shape index (κ3) is 5.61. The lowest BCUT2D eigenvalue weighted by molar-refractivity contribution is -0.387. The van der Waals surface area contributed by atoms with E-state index in [0.29, 0.717) is 9.79 Å². The minimum Gasteiger partial charge on any atom is -0.295 e. The van der Waals surface area contributed by atoms with E-state index in [4.69, 9.17) is 0 Å². The van der Waals surface area contributed by atoms with E-state index in [1.807, 2.05) is 0 Å². The number of nitro benzene ring substituents is 1. The average Bonchev–Trinajstić information content (AvgIpc) is 2.72. The third-order valence-corrected chi connectivity index (χ3v) is 6.60. The Morgan fingerprint density at radius 1 is 1.00 bits per heavy atom. The van der Waals surface area contributed by atoms with Crippen LogP contribution in [0.3, 0.4) is 0 Å². The Labute approximate surface area is 190 Å². The second kappa shape index (κ2) is 9.23. The average molecular weight is 480 g/mol. The molecule has 0 aliphatic rings. The van der Waals surface area contributed by atoms with Crippen LogP contribution in [0.2, 0.25) is 0 Å². The summed E-state index contributed by atoms with van der Waals surface area (Å²) in [6, 6.07) is 12.0. The van der Waals surface area contributed by atoms with Crippen molar-refractivity contribution in [2.45, 2.75) is 46.4 Å². The Kier molecular flexibility index (Phi) is 7.28. The normalized spacial score (nSPS) is 12.0. The van der Waals surface area contributed by atoms with Crippen molar-refractivity contribution in [1.82, 2.24) is 0 Å². The van der Waals surface area contributed by atoms with Gasteiger partial charge in [-0.1, -0.05) is 11.8 Å². The van der Waals surface area contributed by atoms with Crippen molar-refractivity contribution in [3.05, 3.63) is 58.1 Å². The van der Waals surface area contributed by atoms with E-state index in [2.05, 4.69) is 0 Å². The minimum atomic E-state index is -4.46. The number of alkyl halides is 3. The summed E-state index contributed by atoms with van der Waals surface area (Å²) in [7, 11) is 0. The van der Waals surface area contributed by atoms with Crippen LogP contribution in [0.15, 0.2) is 57.2 Å². The Bertz CT molecular complexity index is 1120. The fraction of sp³-hybridized carbons (Fsp3) is 0.286. The standard InChI is InChI=1S/C21H16F3N3O3S2/c1-19(2,18(28)20(3,11-25)12-26)32-17-10-15(8-9-16(17)27(29)30)31-14-6-4-13(5-7-14)21(22,23)24/h4-10H,1-3H3. The molecule has 0 aliphatic carbocycles. The zero-order valence-electron chi connectivity index (χ0n) is 17.1. The molecular formula is C21H16F3N3O3S2. The molecule has 0 atom stereocenters. The van der Waals surface area contributed by atoms with Crippen LogP contribution in [0.25, 0.3) is 0 Å². The van der Waals surface area contributed by atoms with Crippen LogP contribution >= 0.6 is 23.5 Å². The number of carbonyl (C=O) groups excluding carboxylic acids is 1. The second-order valence-electron chi connectivity index (χ2n) is 7.30. The zero-order chi connectivity index (χ0) is 24.3. The van der Waals surface area contributed by atoms with Crippen LogP contribution < -0.4 is 0 Å². The van der Waals surface area contributed by atoms with Gasteiger partial charge in [0.05, 0.1) is 32.3 Å². The summed E-state index contributed by atoms with van der Waals surface area (Å²) in [4.78, 5) is 24.8. The summed E-state index contributed by atoms with van der Waals surface area (Å²) in [5.74, 6) is -0.699. The van der Waals surface area contributed by atoms with E-state index in [0.717, 1.165) is 35.7 Å². The Balaban J connectivity index is 2.38. The molecule has 0 saturated carbocycles. The maximum Gasteiger partial charge on any atom is 0.416 e. The van der Waals surface area contributed by atoms with Gasteiger partial charge in [0.15, 0.2) is 11.2 Å². The number of Topliss-reactive ketones (excluding diaryl/α,β-unsaturated/α-hetero) is 1. The molecule has 2 aromatic carbocycles. The van der Waals surface area contributed by atoms with E-state index < -0.39 is 32.6 Å². The summed E-state index contributed by atoms with van der Waals surface area (Å²) in [5, 5.41) is 29.9. The van der Waals surface area contributed by atoms with Crippen molar-refractivity contribution in [1.29, 1.82) is 10.5 Å². The van der Waals surface area contributed by atoms with Crippen LogP contribution in [-0.2, 0) is 11.0 Å². The molecule has 0 saturated heterocycles. The van der Waals surface area contributed by atoms with Gasteiger partial charge in [0.25, 0.3) is 5.69 Å². The molecule has 32 heavy (non-hydrogen) atoms. The largest absolute Gasteiger partial charge is 0.416 e. The van der Waals surface area contributed by atoms with Crippen LogP contribution in [0, 0.1) is 38.2 Å². The van der Waals surface area contributed by atoms with Crippen molar-refractivity contribution in [3.8, 4) is 12.1 Å². The second-order valence-corrected chi connectivity index (χ2v) is 10.1. The molecule has 0 fully saturated rings. The summed E-state index contributed by atoms with van der Waals surface area (Å²) in [5.41, 5.74) is -2.99. The SMILES string of the molecule is CC(C#N)(C#N)C(=O)C(C)(C)Sc1cc(Sc2ccc(C(F)(F)F)cc2)ccc1[N+](=O)[O-]. The lowest BCUT2D eigenvalue weighted by Gasteiger charge is -2.26. The molecule has 0 heterocycles. The van der Waals surface area contributed by atoms with Crippen LogP contribution in [0.1, 0.15) is 26.3 Å². The van der Waals surface area contributed by atoms with Crippen molar-refractivity contribution >= 4 is 35.0 Å². The number of hydrogen-bond donors (Lipinski definition) is 0. The molecule has 0 amide bonds. The van der Waals surface area contributed by atoms with Gasteiger partial charge >= 0.3 is 6.18 Å². The van der Waals surface area contributed by atoms with Crippen molar-refractivity contribution in [2.24, 2.45) is 5.41 Å². The maximum atomic E-state index is 12.8.